The Morgan fingerprint density at radius 1 is 1.67 bits per heavy atom. The van der Waals surface area contributed by atoms with Crippen molar-refractivity contribution < 1.29 is 14.3 Å². The standard InChI is InChI=1S/C8H9NO3/c1-2-12-8(10)7-3-5-11-6-4-9-7/h3-6H,2H2,1H3. The van der Waals surface area contributed by atoms with E-state index < -0.39 is 5.97 Å². The minimum Gasteiger partial charge on any atom is -0.471 e. The second kappa shape index (κ2) is 4.33. The maximum atomic E-state index is 11.1. The minimum atomic E-state index is -0.441. The Morgan fingerprint density at radius 3 is 3.25 bits per heavy atom. The summed E-state index contributed by atoms with van der Waals surface area (Å²) in [5.41, 5.74) is 0.241. The number of rotatable bonds is 2. The number of esters is 1. The van der Waals surface area contributed by atoms with Gasteiger partial charge in [0.1, 0.15) is 6.26 Å². The van der Waals surface area contributed by atoms with Gasteiger partial charge in [0.2, 0.25) is 0 Å². The van der Waals surface area contributed by atoms with E-state index in [4.69, 9.17) is 9.47 Å². The van der Waals surface area contributed by atoms with Gasteiger partial charge in [0.15, 0.2) is 5.71 Å². The Morgan fingerprint density at radius 2 is 2.50 bits per heavy atom. The van der Waals surface area contributed by atoms with Crippen LogP contribution in [-0.4, -0.2) is 18.3 Å². The summed E-state index contributed by atoms with van der Waals surface area (Å²) >= 11 is 0. The predicted octanol–water partition coefficient (Wildman–Crippen LogP) is 1.01. The van der Waals surface area contributed by atoms with Crippen molar-refractivity contribution in [3.8, 4) is 0 Å². The lowest BCUT2D eigenvalue weighted by Gasteiger charge is -1.98. The van der Waals surface area contributed by atoms with E-state index in [1.807, 2.05) is 0 Å². The zero-order valence-electron chi connectivity index (χ0n) is 6.69. The Hall–Kier alpha value is -1.58. The normalized spacial score (nSPS) is 14.6. The van der Waals surface area contributed by atoms with Gasteiger partial charge >= 0.3 is 5.97 Å². The Bertz CT molecular complexity index is 253. The van der Waals surface area contributed by atoms with Crippen molar-refractivity contribution in [2.24, 2.45) is 4.99 Å². The average molecular weight is 167 g/mol. The lowest BCUT2D eigenvalue weighted by Crippen LogP contribution is -2.14. The molecular weight excluding hydrogens is 158 g/mol. The molecule has 12 heavy (non-hydrogen) atoms. The van der Waals surface area contributed by atoms with Gasteiger partial charge in [-0.25, -0.2) is 9.79 Å². The number of hydrogen-bond acceptors (Lipinski definition) is 4. The van der Waals surface area contributed by atoms with Crippen LogP contribution in [0.2, 0.25) is 0 Å². The summed E-state index contributed by atoms with van der Waals surface area (Å²) in [5.74, 6) is -0.441. The highest BCUT2D eigenvalue weighted by Gasteiger charge is 2.08. The summed E-state index contributed by atoms with van der Waals surface area (Å²) in [5, 5.41) is 0. The Labute approximate surface area is 70.2 Å². The summed E-state index contributed by atoms with van der Waals surface area (Å²) in [4.78, 5) is 14.8. The van der Waals surface area contributed by atoms with Crippen molar-refractivity contribution in [3.05, 3.63) is 24.8 Å². The molecule has 1 heterocycles. The van der Waals surface area contributed by atoms with Crippen LogP contribution in [0.25, 0.3) is 0 Å². The molecule has 4 nitrogen and oxygen atoms in total. The Balaban J connectivity index is 2.66. The van der Waals surface area contributed by atoms with Crippen molar-refractivity contribution in [3.63, 3.8) is 0 Å². The lowest BCUT2D eigenvalue weighted by molar-refractivity contribution is -0.134. The molecule has 64 valence electrons. The molecule has 4 heteroatoms. The molecule has 0 saturated carbocycles. The maximum absolute atomic E-state index is 11.1. The number of carbonyl (C=O) groups is 1. The molecule has 0 saturated heterocycles. The molecule has 1 aliphatic heterocycles. The lowest BCUT2D eigenvalue weighted by atomic mass is 10.4. The topological polar surface area (TPSA) is 47.9 Å². The molecule has 0 bridgehead atoms. The smallest absolute Gasteiger partial charge is 0.357 e. The van der Waals surface area contributed by atoms with E-state index in [0.717, 1.165) is 0 Å². The van der Waals surface area contributed by atoms with E-state index in [1.54, 1.807) is 6.92 Å². The Kier molecular flexibility index (Phi) is 3.07. The fourth-order valence-electron chi connectivity index (χ4n) is 0.664. The first-order chi connectivity index (χ1) is 5.84. The molecule has 0 spiro atoms. The number of hydrogen-bond donors (Lipinski definition) is 0. The third-order valence-corrected chi connectivity index (χ3v) is 1.14. The quantitative estimate of drug-likeness (QED) is 0.576. The summed E-state index contributed by atoms with van der Waals surface area (Å²) in [7, 11) is 0. The molecular formula is C8H9NO3. The monoisotopic (exact) mass is 167 g/mol. The molecule has 0 unspecified atom stereocenters. The maximum Gasteiger partial charge on any atom is 0.357 e. The van der Waals surface area contributed by atoms with Crippen LogP contribution in [0.4, 0.5) is 0 Å². The van der Waals surface area contributed by atoms with E-state index in [2.05, 4.69) is 4.99 Å². The van der Waals surface area contributed by atoms with Gasteiger partial charge in [-0.15, -0.1) is 0 Å². The molecule has 0 fully saturated rings. The van der Waals surface area contributed by atoms with Gasteiger partial charge < -0.3 is 9.47 Å². The largest absolute Gasteiger partial charge is 0.471 e. The van der Waals surface area contributed by atoms with Crippen molar-refractivity contribution in [1.82, 2.24) is 0 Å². The van der Waals surface area contributed by atoms with E-state index in [9.17, 15) is 4.79 Å². The van der Waals surface area contributed by atoms with Gasteiger partial charge in [-0.05, 0) is 6.92 Å². The molecule has 1 rings (SSSR count). The minimum absolute atomic E-state index is 0.241. The number of nitrogens with zero attached hydrogens (tertiary/aromatic N) is 1. The van der Waals surface area contributed by atoms with Crippen LogP contribution < -0.4 is 0 Å². The zero-order valence-corrected chi connectivity index (χ0v) is 6.69. The molecule has 0 amide bonds. The first kappa shape index (κ1) is 8.52. The van der Waals surface area contributed by atoms with Gasteiger partial charge in [0.25, 0.3) is 0 Å². The van der Waals surface area contributed by atoms with E-state index in [0.29, 0.717) is 6.61 Å². The third-order valence-electron chi connectivity index (χ3n) is 1.14. The average Bonchev–Trinajstić information content (AvgIpc) is 2.32. The SMILES string of the molecule is CCOC(=O)C1=NC=COC=C1. The van der Waals surface area contributed by atoms with Crippen LogP contribution in [0.5, 0.6) is 0 Å². The predicted molar refractivity (Wildman–Crippen MR) is 43.4 cm³/mol. The fourth-order valence-corrected chi connectivity index (χ4v) is 0.664. The van der Waals surface area contributed by atoms with E-state index in [-0.39, 0.29) is 5.71 Å². The molecule has 0 radical (unpaired) electrons. The molecule has 0 aliphatic carbocycles. The van der Waals surface area contributed by atoms with Gasteiger partial charge in [-0.1, -0.05) is 0 Å². The second-order valence-corrected chi connectivity index (χ2v) is 1.96. The van der Waals surface area contributed by atoms with Crippen molar-refractivity contribution >= 4 is 11.7 Å². The molecule has 0 atom stereocenters. The van der Waals surface area contributed by atoms with Gasteiger partial charge in [-0.2, -0.15) is 0 Å². The highest BCUT2D eigenvalue weighted by atomic mass is 16.5. The summed E-state index contributed by atoms with van der Waals surface area (Å²) in [6.45, 7) is 2.08. The van der Waals surface area contributed by atoms with Crippen LogP contribution in [0.15, 0.2) is 29.8 Å². The molecule has 0 aromatic rings. The fraction of sp³-hybridized carbons (Fsp3) is 0.250. The van der Waals surface area contributed by atoms with Crippen LogP contribution >= 0.6 is 0 Å². The van der Waals surface area contributed by atoms with Crippen molar-refractivity contribution in [1.29, 1.82) is 0 Å². The van der Waals surface area contributed by atoms with Gasteiger partial charge in [0.05, 0.1) is 19.1 Å². The van der Waals surface area contributed by atoms with Crippen LogP contribution in [0, 0.1) is 0 Å². The van der Waals surface area contributed by atoms with Crippen molar-refractivity contribution in [2.45, 2.75) is 6.92 Å². The van der Waals surface area contributed by atoms with E-state index >= 15 is 0 Å². The first-order valence-corrected chi connectivity index (χ1v) is 3.56. The van der Waals surface area contributed by atoms with Crippen LogP contribution in [-0.2, 0) is 14.3 Å². The highest BCUT2D eigenvalue weighted by Crippen LogP contribution is 1.95. The van der Waals surface area contributed by atoms with E-state index in [1.165, 1.54) is 24.8 Å². The van der Waals surface area contributed by atoms with Crippen LogP contribution in [0.3, 0.4) is 0 Å². The third kappa shape index (κ3) is 2.23. The molecule has 0 aromatic heterocycles. The zero-order chi connectivity index (χ0) is 8.81. The first-order valence-electron chi connectivity index (χ1n) is 3.56. The summed E-state index contributed by atoms with van der Waals surface area (Å²) in [6.07, 6.45) is 5.60. The number of carbonyl (C=O) groups excluding carboxylic acids is 1. The van der Waals surface area contributed by atoms with Crippen LogP contribution in [0.1, 0.15) is 6.92 Å². The number of aliphatic imine (C=N–C) groups is 1. The van der Waals surface area contributed by atoms with Gasteiger partial charge in [0, 0.05) is 6.08 Å². The highest BCUT2D eigenvalue weighted by molar-refractivity contribution is 6.41. The molecule has 0 aromatic carbocycles. The molecule has 0 N–H and O–H groups in total. The van der Waals surface area contributed by atoms with Gasteiger partial charge in [-0.3, -0.25) is 0 Å². The summed E-state index contributed by atoms with van der Waals surface area (Å²) < 4.78 is 9.50. The second-order valence-electron chi connectivity index (χ2n) is 1.96. The number of ether oxygens (including phenoxy) is 2. The summed E-state index contributed by atoms with van der Waals surface area (Å²) in [6, 6.07) is 0. The van der Waals surface area contributed by atoms with Crippen molar-refractivity contribution in [2.75, 3.05) is 6.61 Å². The molecule has 1 aliphatic rings.